The van der Waals surface area contributed by atoms with Crippen molar-refractivity contribution in [3.8, 4) is 0 Å². The number of aromatic nitrogens is 2. The quantitative estimate of drug-likeness (QED) is 0.615. The lowest BCUT2D eigenvalue weighted by atomic mass is 10.0. The van der Waals surface area contributed by atoms with E-state index in [-0.39, 0.29) is 0 Å². The summed E-state index contributed by atoms with van der Waals surface area (Å²) < 4.78 is 2.21. The molecule has 1 unspecified atom stereocenters. The first-order chi connectivity index (χ1) is 9.54. The van der Waals surface area contributed by atoms with Crippen LogP contribution in [0.4, 0.5) is 0 Å². The highest BCUT2D eigenvalue weighted by atomic mass is 35.5. The van der Waals surface area contributed by atoms with Gasteiger partial charge in [-0.25, -0.2) is 4.98 Å². The third-order valence-electron chi connectivity index (χ3n) is 3.70. The van der Waals surface area contributed by atoms with Crippen molar-refractivity contribution in [1.82, 2.24) is 9.55 Å². The Labute approximate surface area is 131 Å². The van der Waals surface area contributed by atoms with Crippen molar-refractivity contribution < 1.29 is 0 Å². The highest BCUT2D eigenvalue weighted by molar-refractivity contribution is 6.35. The Kier molecular flexibility index (Phi) is 5.34. The average molecular weight is 313 g/mol. The number of alkyl halides is 1. The van der Waals surface area contributed by atoms with Crippen LogP contribution in [0, 0.1) is 5.92 Å². The van der Waals surface area contributed by atoms with Gasteiger partial charge in [0.25, 0.3) is 0 Å². The Bertz CT molecular complexity index is 575. The van der Waals surface area contributed by atoms with Gasteiger partial charge >= 0.3 is 0 Å². The van der Waals surface area contributed by atoms with Crippen molar-refractivity contribution in [3.05, 3.63) is 29.0 Å². The molecule has 0 aliphatic rings. The van der Waals surface area contributed by atoms with Crippen molar-refractivity contribution >= 4 is 34.2 Å². The molecule has 0 bridgehead atoms. The molecule has 0 amide bonds. The monoisotopic (exact) mass is 312 g/mol. The van der Waals surface area contributed by atoms with E-state index >= 15 is 0 Å². The van der Waals surface area contributed by atoms with Crippen LogP contribution in [0.5, 0.6) is 0 Å². The number of imidazole rings is 1. The van der Waals surface area contributed by atoms with E-state index in [4.69, 9.17) is 23.2 Å². The van der Waals surface area contributed by atoms with E-state index in [0.717, 1.165) is 34.2 Å². The van der Waals surface area contributed by atoms with Gasteiger partial charge in [-0.05, 0) is 31.4 Å². The molecule has 0 radical (unpaired) electrons. The smallest absolute Gasteiger partial charge is 0.125 e. The molecule has 1 atom stereocenters. The maximum atomic E-state index is 6.36. The van der Waals surface area contributed by atoms with E-state index in [1.807, 2.05) is 18.2 Å². The second kappa shape index (κ2) is 6.82. The molecule has 1 heterocycles. The maximum Gasteiger partial charge on any atom is 0.125 e. The van der Waals surface area contributed by atoms with Gasteiger partial charge in [0, 0.05) is 6.04 Å². The summed E-state index contributed by atoms with van der Waals surface area (Å²) in [5, 5.41) is 0.752. The fraction of sp³-hybridized carbons (Fsp3) is 0.562. The van der Waals surface area contributed by atoms with Crippen molar-refractivity contribution in [2.24, 2.45) is 5.92 Å². The zero-order valence-electron chi connectivity index (χ0n) is 12.4. The molecule has 0 N–H and O–H groups in total. The molecule has 2 rings (SSSR count). The first kappa shape index (κ1) is 15.7. The summed E-state index contributed by atoms with van der Waals surface area (Å²) in [6.07, 6.45) is 3.59. The highest BCUT2D eigenvalue weighted by Gasteiger charge is 2.17. The van der Waals surface area contributed by atoms with E-state index < -0.39 is 0 Å². The van der Waals surface area contributed by atoms with Gasteiger partial charge in [0.15, 0.2) is 0 Å². The Morgan fingerprint density at radius 2 is 1.95 bits per heavy atom. The van der Waals surface area contributed by atoms with Gasteiger partial charge < -0.3 is 4.57 Å². The van der Waals surface area contributed by atoms with Crippen LogP contribution in [0.25, 0.3) is 11.0 Å². The van der Waals surface area contributed by atoms with Gasteiger partial charge in [0.2, 0.25) is 0 Å². The molecule has 0 aliphatic carbocycles. The van der Waals surface area contributed by atoms with E-state index in [2.05, 4.69) is 30.3 Å². The first-order valence-electron chi connectivity index (χ1n) is 7.25. The van der Waals surface area contributed by atoms with Crippen LogP contribution in [0.15, 0.2) is 18.2 Å². The summed E-state index contributed by atoms with van der Waals surface area (Å²) in [5.74, 6) is 2.07. The number of benzene rings is 1. The zero-order chi connectivity index (χ0) is 14.7. The molecule has 2 nitrogen and oxygen atoms in total. The second-order valence-corrected chi connectivity index (χ2v) is 6.49. The van der Waals surface area contributed by atoms with Gasteiger partial charge in [-0.15, -0.1) is 11.6 Å². The van der Waals surface area contributed by atoms with Crippen LogP contribution in [0.2, 0.25) is 5.02 Å². The number of fused-ring (bicyclic) bond motifs is 1. The predicted molar refractivity (Wildman–Crippen MR) is 87.7 cm³/mol. The van der Waals surface area contributed by atoms with Crippen molar-refractivity contribution in [3.63, 3.8) is 0 Å². The fourth-order valence-corrected chi connectivity index (χ4v) is 3.12. The summed E-state index contributed by atoms with van der Waals surface area (Å²) in [7, 11) is 0. The number of hydrogen-bond acceptors (Lipinski definition) is 1. The summed E-state index contributed by atoms with van der Waals surface area (Å²) >= 11 is 12.4. The van der Waals surface area contributed by atoms with E-state index in [0.29, 0.717) is 11.9 Å². The van der Waals surface area contributed by atoms with Crippen LogP contribution < -0.4 is 0 Å². The largest absolute Gasteiger partial charge is 0.323 e. The average Bonchev–Trinajstić information content (AvgIpc) is 2.78. The van der Waals surface area contributed by atoms with Crippen molar-refractivity contribution in [2.75, 3.05) is 0 Å². The third kappa shape index (κ3) is 3.29. The summed E-state index contributed by atoms with van der Waals surface area (Å²) in [6.45, 7) is 6.75. The van der Waals surface area contributed by atoms with Gasteiger partial charge in [-0.1, -0.05) is 44.4 Å². The number of halogens is 2. The van der Waals surface area contributed by atoms with Crippen LogP contribution in [-0.4, -0.2) is 9.55 Å². The Hall–Kier alpha value is -0.730. The van der Waals surface area contributed by atoms with Crippen LogP contribution >= 0.6 is 23.2 Å². The number of para-hydroxylation sites is 1. The van der Waals surface area contributed by atoms with Crippen LogP contribution in [-0.2, 0) is 5.88 Å². The summed E-state index contributed by atoms with van der Waals surface area (Å²) in [4.78, 5) is 4.60. The maximum absolute atomic E-state index is 6.36. The molecule has 4 heteroatoms. The lowest BCUT2D eigenvalue weighted by Crippen LogP contribution is -2.09. The number of hydrogen-bond donors (Lipinski definition) is 0. The normalized spacial score (nSPS) is 13.3. The van der Waals surface area contributed by atoms with E-state index in [1.165, 1.54) is 12.8 Å². The summed E-state index contributed by atoms with van der Waals surface area (Å²) in [6, 6.07) is 6.21. The van der Waals surface area contributed by atoms with Gasteiger partial charge in [0.05, 0.1) is 21.9 Å². The zero-order valence-corrected chi connectivity index (χ0v) is 13.9. The Morgan fingerprint density at radius 3 is 2.60 bits per heavy atom. The molecular formula is C16H22Cl2N2. The number of nitrogens with zero attached hydrogens (tertiary/aromatic N) is 2. The molecule has 2 aromatic rings. The number of rotatable bonds is 6. The van der Waals surface area contributed by atoms with Gasteiger partial charge in [-0.3, -0.25) is 0 Å². The third-order valence-corrected chi connectivity index (χ3v) is 4.24. The van der Waals surface area contributed by atoms with E-state index in [1.54, 1.807) is 0 Å². The minimum absolute atomic E-state index is 0.368. The highest BCUT2D eigenvalue weighted by Crippen LogP contribution is 2.30. The van der Waals surface area contributed by atoms with Crippen LogP contribution in [0.1, 0.15) is 51.9 Å². The molecule has 0 aliphatic heterocycles. The van der Waals surface area contributed by atoms with Gasteiger partial charge in [-0.2, -0.15) is 0 Å². The minimum Gasteiger partial charge on any atom is -0.323 e. The molecule has 0 spiro atoms. The molecule has 1 aromatic carbocycles. The molecule has 0 saturated heterocycles. The van der Waals surface area contributed by atoms with Gasteiger partial charge in [0.1, 0.15) is 5.82 Å². The topological polar surface area (TPSA) is 17.8 Å². The molecule has 20 heavy (non-hydrogen) atoms. The molecule has 1 aromatic heterocycles. The summed E-state index contributed by atoms with van der Waals surface area (Å²) in [5.41, 5.74) is 1.95. The fourth-order valence-electron chi connectivity index (χ4n) is 2.67. The minimum atomic E-state index is 0.368. The van der Waals surface area contributed by atoms with Crippen LogP contribution in [0.3, 0.4) is 0 Å². The predicted octanol–water partition coefficient (Wildman–Crippen LogP) is 5.82. The molecule has 0 saturated carbocycles. The molecule has 110 valence electrons. The van der Waals surface area contributed by atoms with E-state index in [9.17, 15) is 0 Å². The van der Waals surface area contributed by atoms with Crippen molar-refractivity contribution in [1.29, 1.82) is 0 Å². The second-order valence-electron chi connectivity index (χ2n) is 5.81. The lowest BCUT2D eigenvalue weighted by molar-refractivity contribution is 0.447. The first-order valence-corrected chi connectivity index (χ1v) is 8.17. The Balaban J connectivity index is 2.31. The SMILES string of the molecule is CC(C)CCCC(C)n1c(CCl)nc2cccc(Cl)c21. The Morgan fingerprint density at radius 1 is 1.20 bits per heavy atom. The van der Waals surface area contributed by atoms with Crippen molar-refractivity contribution in [2.45, 2.75) is 52.0 Å². The lowest BCUT2D eigenvalue weighted by Gasteiger charge is -2.18. The molecule has 0 fully saturated rings. The molecular weight excluding hydrogens is 291 g/mol. The standard InChI is InChI=1S/C16H22Cl2N2/c1-11(2)6-4-7-12(3)20-15(10-17)19-14-9-5-8-13(18)16(14)20/h5,8-9,11-12H,4,6-7,10H2,1-3H3.